The summed E-state index contributed by atoms with van der Waals surface area (Å²) in [7, 11) is 0. The lowest BCUT2D eigenvalue weighted by Gasteiger charge is -2.14. The third-order valence-corrected chi connectivity index (χ3v) is 2.74. The van der Waals surface area contributed by atoms with Gasteiger partial charge in [0.2, 0.25) is 0 Å². The summed E-state index contributed by atoms with van der Waals surface area (Å²) in [5.74, 6) is -0.437. The Kier molecular flexibility index (Phi) is 3.04. The molecule has 15 heavy (non-hydrogen) atoms. The van der Waals surface area contributed by atoms with Crippen LogP contribution in [-0.4, -0.2) is 49.2 Å². The fourth-order valence-electron chi connectivity index (χ4n) is 1.95. The van der Waals surface area contributed by atoms with Crippen molar-refractivity contribution in [3.05, 3.63) is 12.7 Å². The molecule has 2 aliphatic rings. The quantitative estimate of drug-likeness (QED) is 0.506. The van der Waals surface area contributed by atoms with E-state index in [-0.39, 0.29) is 24.7 Å². The lowest BCUT2D eigenvalue weighted by molar-refractivity contribution is -0.140. The molecule has 84 valence electrons. The molecule has 0 aromatic heterocycles. The van der Waals surface area contributed by atoms with Crippen LogP contribution in [0.5, 0.6) is 0 Å². The minimum Gasteiger partial charge on any atom is -0.462 e. The predicted molar refractivity (Wildman–Crippen MR) is 50.1 cm³/mol. The largest absolute Gasteiger partial charge is 0.462 e. The number of rotatable bonds is 3. The van der Waals surface area contributed by atoms with Gasteiger partial charge >= 0.3 is 5.97 Å². The second-order valence-electron chi connectivity index (χ2n) is 3.76. The lowest BCUT2D eigenvalue weighted by atomic mass is 10.0. The van der Waals surface area contributed by atoms with Crippen molar-refractivity contribution in [2.45, 2.75) is 18.3 Å². The second-order valence-corrected chi connectivity index (χ2v) is 3.76. The van der Waals surface area contributed by atoms with Crippen molar-refractivity contribution >= 4 is 5.97 Å². The van der Waals surface area contributed by atoms with Crippen LogP contribution >= 0.6 is 0 Å². The van der Waals surface area contributed by atoms with Gasteiger partial charge in [0, 0.05) is 12.0 Å². The Morgan fingerprint density at radius 1 is 1.47 bits per heavy atom. The first-order valence-corrected chi connectivity index (χ1v) is 4.93. The van der Waals surface area contributed by atoms with Gasteiger partial charge in [-0.2, -0.15) is 0 Å². The molecular formula is C10H14O5. The van der Waals surface area contributed by atoms with Gasteiger partial charge in [0.15, 0.2) is 0 Å². The summed E-state index contributed by atoms with van der Waals surface area (Å²) in [6, 6.07) is 0. The highest BCUT2D eigenvalue weighted by atomic mass is 16.6. The fraction of sp³-hybridized carbons (Fsp3) is 0.700. The predicted octanol–water partition coefficient (Wildman–Crippen LogP) is -0.510. The molecular weight excluding hydrogens is 200 g/mol. The van der Waals surface area contributed by atoms with Crippen LogP contribution in [0, 0.1) is 5.92 Å². The van der Waals surface area contributed by atoms with Crippen molar-refractivity contribution < 1.29 is 24.1 Å². The standard InChI is InChI=1S/C10H14O5/c1-2-8(12)13-3-6-4-14-10-7(11)5-15-9(6)10/h2,6-7,9-11H,1,3-5H2. The molecule has 2 fully saturated rings. The number of hydrogen-bond donors (Lipinski definition) is 1. The smallest absolute Gasteiger partial charge is 0.330 e. The number of aliphatic hydroxyl groups excluding tert-OH is 1. The van der Waals surface area contributed by atoms with Crippen molar-refractivity contribution in [3.63, 3.8) is 0 Å². The number of aliphatic hydroxyl groups is 1. The average molecular weight is 214 g/mol. The van der Waals surface area contributed by atoms with Crippen LogP contribution in [0.4, 0.5) is 0 Å². The summed E-state index contributed by atoms with van der Waals surface area (Å²) in [5.41, 5.74) is 0. The first-order valence-electron chi connectivity index (χ1n) is 4.93. The molecule has 0 aromatic rings. The molecule has 2 saturated heterocycles. The number of ether oxygens (including phenoxy) is 3. The zero-order valence-corrected chi connectivity index (χ0v) is 8.30. The molecule has 4 atom stereocenters. The van der Waals surface area contributed by atoms with Crippen molar-refractivity contribution in [2.75, 3.05) is 19.8 Å². The van der Waals surface area contributed by atoms with Crippen molar-refractivity contribution in [3.8, 4) is 0 Å². The Balaban J connectivity index is 1.85. The Morgan fingerprint density at radius 2 is 2.20 bits per heavy atom. The molecule has 5 nitrogen and oxygen atoms in total. The Bertz CT molecular complexity index is 265. The highest BCUT2D eigenvalue weighted by Gasteiger charge is 2.47. The summed E-state index contributed by atoms with van der Waals surface area (Å²) in [5, 5.41) is 9.47. The first kappa shape index (κ1) is 10.6. The number of esters is 1. The van der Waals surface area contributed by atoms with E-state index in [4.69, 9.17) is 14.2 Å². The van der Waals surface area contributed by atoms with Gasteiger partial charge in [0.1, 0.15) is 12.2 Å². The lowest BCUT2D eigenvalue weighted by Crippen LogP contribution is -2.30. The van der Waals surface area contributed by atoms with Gasteiger partial charge in [0.05, 0.1) is 25.9 Å². The molecule has 0 aromatic carbocycles. The molecule has 4 unspecified atom stereocenters. The number of hydrogen-bond acceptors (Lipinski definition) is 5. The molecule has 2 aliphatic heterocycles. The fourth-order valence-corrected chi connectivity index (χ4v) is 1.95. The van der Waals surface area contributed by atoms with Crippen LogP contribution in [-0.2, 0) is 19.0 Å². The van der Waals surface area contributed by atoms with E-state index in [1.165, 1.54) is 0 Å². The van der Waals surface area contributed by atoms with Crippen LogP contribution in [0.15, 0.2) is 12.7 Å². The van der Waals surface area contributed by atoms with Crippen LogP contribution in [0.25, 0.3) is 0 Å². The number of carbonyl (C=O) groups excluding carboxylic acids is 1. The third-order valence-electron chi connectivity index (χ3n) is 2.74. The minimum atomic E-state index is -0.560. The summed E-state index contributed by atoms with van der Waals surface area (Å²) in [6.07, 6.45) is 0.141. The zero-order valence-electron chi connectivity index (χ0n) is 8.30. The molecule has 2 rings (SSSR count). The van der Waals surface area contributed by atoms with Gasteiger partial charge in [-0.25, -0.2) is 4.79 Å². The molecule has 5 heteroatoms. The second kappa shape index (κ2) is 4.30. The van der Waals surface area contributed by atoms with Gasteiger partial charge in [-0.1, -0.05) is 6.58 Å². The molecule has 0 bridgehead atoms. The Hall–Kier alpha value is -0.910. The maximum absolute atomic E-state index is 10.9. The van der Waals surface area contributed by atoms with Gasteiger partial charge in [-0.05, 0) is 0 Å². The van der Waals surface area contributed by atoms with Crippen LogP contribution < -0.4 is 0 Å². The van der Waals surface area contributed by atoms with E-state index in [1.807, 2.05) is 0 Å². The van der Waals surface area contributed by atoms with Crippen LogP contribution in [0.1, 0.15) is 0 Å². The normalized spacial score (nSPS) is 38.7. The topological polar surface area (TPSA) is 65.0 Å². The summed E-state index contributed by atoms with van der Waals surface area (Å²) >= 11 is 0. The average Bonchev–Trinajstić information content (AvgIpc) is 2.79. The van der Waals surface area contributed by atoms with Gasteiger partial charge in [-0.3, -0.25) is 0 Å². The Morgan fingerprint density at radius 3 is 2.93 bits per heavy atom. The van der Waals surface area contributed by atoms with Crippen LogP contribution in [0.2, 0.25) is 0 Å². The first-order chi connectivity index (χ1) is 7.22. The molecule has 0 radical (unpaired) electrons. The zero-order chi connectivity index (χ0) is 10.8. The molecule has 0 saturated carbocycles. The molecule has 0 spiro atoms. The van der Waals surface area contributed by atoms with E-state index in [0.29, 0.717) is 13.2 Å². The van der Waals surface area contributed by atoms with Crippen molar-refractivity contribution in [1.82, 2.24) is 0 Å². The summed E-state index contributed by atoms with van der Waals surface area (Å²) < 4.78 is 15.7. The van der Waals surface area contributed by atoms with Gasteiger partial charge in [-0.15, -0.1) is 0 Å². The van der Waals surface area contributed by atoms with Gasteiger partial charge < -0.3 is 19.3 Å². The van der Waals surface area contributed by atoms with Crippen molar-refractivity contribution in [1.29, 1.82) is 0 Å². The molecule has 0 aliphatic carbocycles. The van der Waals surface area contributed by atoms with E-state index >= 15 is 0 Å². The Labute approximate surface area is 87.6 Å². The maximum atomic E-state index is 10.9. The van der Waals surface area contributed by atoms with E-state index < -0.39 is 12.1 Å². The van der Waals surface area contributed by atoms with Gasteiger partial charge in [0.25, 0.3) is 0 Å². The van der Waals surface area contributed by atoms with Crippen molar-refractivity contribution in [2.24, 2.45) is 5.92 Å². The summed E-state index contributed by atoms with van der Waals surface area (Å²) in [6.45, 7) is 4.30. The minimum absolute atomic E-state index is 0.0102. The van der Waals surface area contributed by atoms with E-state index in [0.717, 1.165) is 6.08 Å². The van der Waals surface area contributed by atoms with E-state index in [9.17, 15) is 9.90 Å². The number of carbonyl (C=O) groups is 1. The molecule has 1 N–H and O–H groups in total. The van der Waals surface area contributed by atoms with Crippen LogP contribution in [0.3, 0.4) is 0 Å². The summed E-state index contributed by atoms with van der Waals surface area (Å²) in [4.78, 5) is 10.9. The third kappa shape index (κ3) is 2.04. The SMILES string of the molecule is C=CC(=O)OCC1COC2C(O)COC12. The highest BCUT2D eigenvalue weighted by molar-refractivity contribution is 5.81. The maximum Gasteiger partial charge on any atom is 0.330 e. The highest BCUT2D eigenvalue weighted by Crippen LogP contribution is 2.31. The number of fused-ring (bicyclic) bond motifs is 1. The van der Waals surface area contributed by atoms with E-state index in [2.05, 4.69) is 6.58 Å². The molecule has 0 amide bonds. The van der Waals surface area contributed by atoms with E-state index in [1.54, 1.807) is 0 Å². The molecule has 2 heterocycles. The monoisotopic (exact) mass is 214 g/mol.